The highest BCUT2D eigenvalue weighted by Gasteiger charge is 2.00. The SMILES string of the molecule is CC.CC.CCNc1cc(C)c(C)c(C)n1.F.c1ccccc1. The zero-order valence-electron chi connectivity index (χ0n) is 16.1. The molecule has 1 aromatic carbocycles. The van der Waals surface area contributed by atoms with Gasteiger partial charge in [0.1, 0.15) is 5.82 Å². The summed E-state index contributed by atoms with van der Waals surface area (Å²) in [4.78, 5) is 4.41. The minimum Gasteiger partial charge on any atom is -0.370 e. The molecule has 0 aliphatic rings. The molecule has 0 fully saturated rings. The van der Waals surface area contributed by atoms with E-state index in [-0.39, 0.29) is 4.70 Å². The summed E-state index contributed by atoms with van der Waals surface area (Å²) in [5.41, 5.74) is 3.71. The largest absolute Gasteiger partial charge is 0.370 e. The van der Waals surface area contributed by atoms with Crippen molar-refractivity contribution in [3.8, 4) is 0 Å². The molecule has 0 atom stereocenters. The summed E-state index contributed by atoms with van der Waals surface area (Å²) in [7, 11) is 0. The Morgan fingerprint density at radius 3 is 1.52 bits per heavy atom. The molecule has 0 saturated heterocycles. The molecule has 0 amide bonds. The van der Waals surface area contributed by atoms with E-state index in [9.17, 15) is 0 Å². The Labute approximate surface area is 142 Å². The number of halogens is 1. The van der Waals surface area contributed by atoms with Gasteiger partial charge in [-0.15, -0.1) is 0 Å². The highest BCUT2D eigenvalue weighted by atomic mass is 19.0. The molecule has 1 heterocycles. The maximum atomic E-state index is 4.41. The van der Waals surface area contributed by atoms with Crippen LogP contribution in [0.3, 0.4) is 0 Å². The topological polar surface area (TPSA) is 24.9 Å². The standard InChI is InChI=1S/C10H16N2.C6H6.2C2H6.FH/c1-5-11-10-6-7(2)8(3)9(4)12-10;1-2-4-6-5-3-1;2*1-2;/h6H,5H2,1-4H3,(H,11,12);1-6H;2*1-2H3;1H. The summed E-state index contributed by atoms with van der Waals surface area (Å²) in [6.07, 6.45) is 0. The van der Waals surface area contributed by atoms with Crippen LogP contribution in [0.5, 0.6) is 0 Å². The summed E-state index contributed by atoms with van der Waals surface area (Å²) >= 11 is 0. The van der Waals surface area contributed by atoms with Crippen LogP contribution in [0.25, 0.3) is 0 Å². The van der Waals surface area contributed by atoms with Gasteiger partial charge < -0.3 is 5.32 Å². The lowest BCUT2D eigenvalue weighted by molar-refractivity contribution is 1.08. The van der Waals surface area contributed by atoms with Crippen molar-refractivity contribution in [2.45, 2.75) is 55.4 Å². The first-order valence-corrected chi connectivity index (χ1v) is 8.34. The fourth-order valence-corrected chi connectivity index (χ4v) is 1.55. The van der Waals surface area contributed by atoms with Crippen LogP contribution in [0.15, 0.2) is 42.5 Å². The second-order valence-corrected chi connectivity index (χ2v) is 4.22. The third-order valence-corrected chi connectivity index (χ3v) is 2.80. The molecule has 0 aliphatic heterocycles. The zero-order chi connectivity index (χ0) is 17.4. The highest BCUT2D eigenvalue weighted by Crippen LogP contribution is 2.14. The van der Waals surface area contributed by atoms with Gasteiger partial charge in [0.25, 0.3) is 0 Å². The number of hydrogen-bond donors (Lipinski definition) is 1. The van der Waals surface area contributed by atoms with Gasteiger partial charge in [-0.1, -0.05) is 64.1 Å². The van der Waals surface area contributed by atoms with Crippen molar-refractivity contribution in [2.75, 3.05) is 11.9 Å². The molecule has 1 N–H and O–H groups in total. The molecule has 0 unspecified atom stereocenters. The van der Waals surface area contributed by atoms with Crippen LogP contribution in [0.2, 0.25) is 0 Å². The summed E-state index contributed by atoms with van der Waals surface area (Å²) < 4.78 is 0. The first kappa shape index (κ1) is 26.0. The smallest absolute Gasteiger partial charge is 0.126 e. The number of anilines is 1. The Balaban J connectivity index is -0.000000308. The molecule has 1 aromatic heterocycles. The van der Waals surface area contributed by atoms with Gasteiger partial charge in [-0.3, -0.25) is 4.70 Å². The number of benzene rings is 1. The van der Waals surface area contributed by atoms with E-state index in [4.69, 9.17) is 0 Å². The molecule has 2 aromatic rings. The zero-order valence-corrected chi connectivity index (χ0v) is 16.1. The van der Waals surface area contributed by atoms with Gasteiger partial charge in [0.05, 0.1) is 0 Å². The predicted octanol–water partition coefficient (Wildman–Crippen LogP) is 6.33. The Kier molecular flexibility index (Phi) is 20.5. The van der Waals surface area contributed by atoms with Crippen LogP contribution >= 0.6 is 0 Å². The van der Waals surface area contributed by atoms with Gasteiger partial charge in [0.15, 0.2) is 0 Å². The number of nitrogens with one attached hydrogen (secondary N) is 1. The summed E-state index contributed by atoms with van der Waals surface area (Å²) in [6.45, 7) is 17.3. The summed E-state index contributed by atoms with van der Waals surface area (Å²) in [5.74, 6) is 0.984. The molecular weight excluding hydrogens is 287 g/mol. The van der Waals surface area contributed by atoms with E-state index in [0.717, 1.165) is 18.1 Å². The Hall–Kier alpha value is -1.90. The van der Waals surface area contributed by atoms with E-state index in [1.165, 1.54) is 11.1 Å². The van der Waals surface area contributed by atoms with Crippen molar-refractivity contribution in [3.63, 3.8) is 0 Å². The molecule has 0 spiro atoms. The molecule has 0 aliphatic carbocycles. The van der Waals surface area contributed by atoms with E-state index in [0.29, 0.717) is 0 Å². The Morgan fingerprint density at radius 1 is 0.826 bits per heavy atom. The third kappa shape index (κ3) is 12.3. The van der Waals surface area contributed by atoms with Crippen molar-refractivity contribution in [1.82, 2.24) is 4.98 Å². The molecule has 132 valence electrons. The predicted molar refractivity (Wildman–Crippen MR) is 104 cm³/mol. The van der Waals surface area contributed by atoms with Gasteiger partial charge >= 0.3 is 0 Å². The van der Waals surface area contributed by atoms with Gasteiger partial charge in [-0.25, -0.2) is 4.98 Å². The van der Waals surface area contributed by atoms with Crippen LogP contribution in [0.4, 0.5) is 10.5 Å². The minimum absolute atomic E-state index is 0. The van der Waals surface area contributed by atoms with Crippen LogP contribution in [-0.4, -0.2) is 11.5 Å². The first-order valence-electron chi connectivity index (χ1n) is 8.34. The number of pyridine rings is 1. The number of hydrogen-bond acceptors (Lipinski definition) is 2. The molecule has 23 heavy (non-hydrogen) atoms. The lowest BCUT2D eigenvalue weighted by Gasteiger charge is -2.08. The molecule has 0 bridgehead atoms. The maximum absolute atomic E-state index is 4.41. The van der Waals surface area contributed by atoms with Gasteiger partial charge in [-0.2, -0.15) is 0 Å². The quantitative estimate of drug-likeness (QED) is 0.698. The monoisotopic (exact) mass is 322 g/mol. The summed E-state index contributed by atoms with van der Waals surface area (Å²) in [5, 5.41) is 3.21. The first-order chi connectivity index (χ1) is 10.6. The van der Waals surface area contributed by atoms with Crippen molar-refractivity contribution in [3.05, 3.63) is 59.3 Å². The van der Waals surface area contributed by atoms with Gasteiger partial charge in [0, 0.05) is 12.2 Å². The number of aromatic nitrogens is 1. The molecule has 2 rings (SSSR count). The van der Waals surface area contributed by atoms with Crippen molar-refractivity contribution < 1.29 is 4.70 Å². The van der Waals surface area contributed by atoms with Crippen molar-refractivity contribution in [2.24, 2.45) is 0 Å². The van der Waals surface area contributed by atoms with E-state index in [1.807, 2.05) is 71.0 Å². The van der Waals surface area contributed by atoms with E-state index in [1.54, 1.807) is 0 Å². The lowest BCUT2D eigenvalue weighted by atomic mass is 10.1. The lowest BCUT2D eigenvalue weighted by Crippen LogP contribution is -2.02. The minimum atomic E-state index is 0. The van der Waals surface area contributed by atoms with Crippen LogP contribution < -0.4 is 5.32 Å². The Morgan fingerprint density at radius 2 is 1.22 bits per heavy atom. The van der Waals surface area contributed by atoms with E-state index >= 15 is 0 Å². The van der Waals surface area contributed by atoms with E-state index in [2.05, 4.69) is 37.1 Å². The van der Waals surface area contributed by atoms with Crippen LogP contribution in [0.1, 0.15) is 51.4 Å². The highest BCUT2D eigenvalue weighted by molar-refractivity contribution is 5.42. The molecule has 0 saturated carbocycles. The van der Waals surface area contributed by atoms with Crippen LogP contribution in [-0.2, 0) is 0 Å². The number of aryl methyl sites for hydroxylation is 2. The molecular formula is C20H35FN2. The number of nitrogens with zero attached hydrogens (tertiary/aromatic N) is 1. The Bertz CT molecular complexity index is 421. The van der Waals surface area contributed by atoms with Crippen molar-refractivity contribution in [1.29, 1.82) is 0 Å². The fourth-order valence-electron chi connectivity index (χ4n) is 1.55. The number of rotatable bonds is 2. The average molecular weight is 323 g/mol. The molecule has 0 radical (unpaired) electrons. The van der Waals surface area contributed by atoms with Gasteiger partial charge in [0.2, 0.25) is 0 Å². The average Bonchev–Trinajstić information content (AvgIpc) is 2.59. The second kappa shape index (κ2) is 18.1. The van der Waals surface area contributed by atoms with Gasteiger partial charge in [-0.05, 0) is 44.9 Å². The molecule has 2 nitrogen and oxygen atoms in total. The van der Waals surface area contributed by atoms with E-state index < -0.39 is 0 Å². The molecule has 3 heteroatoms. The van der Waals surface area contributed by atoms with Crippen molar-refractivity contribution >= 4 is 5.82 Å². The summed E-state index contributed by atoms with van der Waals surface area (Å²) in [6, 6.07) is 14.1. The normalized spacial score (nSPS) is 7.83. The fraction of sp³-hybridized carbons (Fsp3) is 0.450. The third-order valence-electron chi connectivity index (χ3n) is 2.80. The maximum Gasteiger partial charge on any atom is 0.126 e. The van der Waals surface area contributed by atoms with Crippen LogP contribution in [0, 0.1) is 20.8 Å². The second-order valence-electron chi connectivity index (χ2n) is 4.22.